The summed E-state index contributed by atoms with van der Waals surface area (Å²) in [7, 11) is 0. The molecule has 1 heterocycles. The molecule has 5 heteroatoms. The topological polar surface area (TPSA) is 74.8 Å². The van der Waals surface area contributed by atoms with Gasteiger partial charge in [0.05, 0.1) is 6.20 Å². The second-order valence-corrected chi connectivity index (χ2v) is 1.99. The highest BCUT2D eigenvalue weighted by molar-refractivity contribution is 5.98. The van der Waals surface area contributed by atoms with Crippen molar-refractivity contribution in [3.05, 3.63) is 35.4 Å². The average Bonchev–Trinajstić information content (AvgIpc) is 2.09. The van der Waals surface area contributed by atoms with Crippen LogP contribution in [0.5, 0.6) is 0 Å². The molecule has 0 aliphatic rings. The molecule has 12 heavy (non-hydrogen) atoms. The van der Waals surface area contributed by atoms with E-state index in [4.69, 9.17) is 0 Å². The van der Waals surface area contributed by atoms with E-state index < -0.39 is 0 Å². The number of amides is 1. The quantitative estimate of drug-likeness (QED) is 0.600. The Bertz CT molecular complexity index is 335. The van der Waals surface area contributed by atoms with E-state index in [1.54, 1.807) is 0 Å². The van der Waals surface area contributed by atoms with Crippen LogP contribution in [0.2, 0.25) is 0 Å². The van der Waals surface area contributed by atoms with E-state index in [9.17, 15) is 9.59 Å². The minimum Gasteiger partial charge on any atom is -0.324 e. The predicted molar refractivity (Wildman–Crippen MR) is 43.7 cm³/mol. The highest BCUT2D eigenvalue weighted by atomic mass is 16.1. The van der Waals surface area contributed by atoms with E-state index in [-0.39, 0.29) is 11.5 Å². The Hall–Kier alpha value is -1.91. The number of nitrogens with zero attached hydrogens (tertiary/aromatic N) is 1. The van der Waals surface area contributed by atoms with Crippen LogP contribution in [0.25, 0.3) is 0 Å². The van der Waals surface area contributed by atoms with Crippen LogP contribution in [0.4, 0.5) is 5.82 Å². The van der Waals surface area contributed by atoms with Gasteiger partial charge in [-0.15, -0.1) is 0 Å². The maximum absolute atomic E-state index is 10.7. The number of H-pyrrole nitrogens is 1. The van der Waals surface area contributed by atoms with Crippen molar-refractivity contribution in [2.45, 2.75) is 0 Å². The van der Waals surface area contributed by atoms with Crippen LogP contribution in [0.15, 0.2) is 29.8 Å². The maximum atomic E-state index is 10.7. The molecule has 1 amide bonds. The van der Waals surface area contributed by atoms with E-state index in [0.29, 0.717) is 5.82 Å². The summed E-state index contributed by atoms with van der Waals surface area (Å²) in [5, 5.41) is 2.38. The number of rotatable bonds is 2. The first kappa shape index (κ1) is 8.19. The third-order valence-corrected chi connectivity index (χ3v) is 1.11. The van der Waals surface area contributed by atoms with Crippen LogP contribution >= 0.6 is 0 Å². The molecular formula is C7H7N3O2. The predicted octanol–water partition coefficient (Wildman–Crippen LogP) is -0.106. The van der Waals surface area contributed by atoms with Crippen LogP contribution < -0.4 is 10.9 Å². The van der Waals surface area contributed by atoms with Crippen LogP contribution in [-0.2, 0) is 4.79 Å². The molecule has 0 radical (unpaired) electrons. The number of carbonyl (C=O) groups is 1. The van der Waals surface area contributed by atoms with E-state index in [0.717, 1.165) is 12.3 Å². The van der Waals surface area contributed by atoms with Crippen molar-refractivity contribution in [3.8, 4) is 0 Å². The second kappa shape index (κ2) is 3.47. The molecule has 1 aromatic rings. The number of carbonyl (C=O) groups excluding carboxylic acids is 1. The molecule has 1 aromatic heterocycles. The molecule has 5 nitrogen and oxygen atoms in total. The number of aromatic amines is 1. The van der Waals surface area contributed by atoms with Crippen molar-refractivity contribution in [1.29, 1.82) is 0 Å². The van der Waals surface area contributed by atoms with Gasteiger partial charge in [0, 0.05) is 6.20 Å². The lowest BCUT2D eigenvalue weighted by Gasteiger charge is -1.97. The van der Waals surface area contributed by atoms with Crippen LogP contribution in [0.1, 0.15) is 0 Å². The van der Waals surface area contributed by atoms with E-state index in [1.807, 2.05) is 0 Å². The van der Waals surface area contributed by atoms with Crippen LogP contribution in [-0.4, -0.2) is 15.9 Å². The Morgan fingerprint density at radius 3 is 3.00 bits per heavy atom. The number of hydrogen-bond acceptors (Lipinski definition) is 3. The zero-order valence-corrected chi connectivity index (χ0v) is 6.20. The molecule has 2 N–H and O–H groups in total. The molecule has 0 aliphatic heterocycles. The Labute approximate surface area is 68.1 Å². The molecule has 62 valence electrons. The Morgan fingerprint density at radius 1 is 1.75 bits per heavy atom. The van der Waals surface area contributed by atoms with Gasteiger partial charge in [-0.25, -0.2) is 4.98 Å². The first-order valence-corrected chi connectivity index (χ1v) is 3.20. The van der Waals surface area contributed by atoms with Gasteiger partial charge in [-0.05, 0) is 6.08 Å². The number of nitrogens with one attached hydrogen (secondary N) is 2. The fourth-order valence-corrected chi connectivity index (χ4v) is 0.588. The molecular weight excluding hydrogens is 158 g/mol. The second-order valence-electron chi connectivity index (χ2n) is 1.99. The molecule has 0 bridgehead atoms. The normalized spacial score (nSPS) is 9.00. The van der Waals surface area contributed by atoms with Gasteiger partial charge < -0.3 is 10.3 Å². The SMILES string of the molecule is C=CC(=O)Nc1c[nH]c(=O)cn1. The lowest BCUT2D eigenvalue weighted by atomic mass is 10.5. The van der Waals surface area contributed by atoms with Crippen LogP contribution in [0.3, 0.4) is 0 Å². The first-order chi connectivity index (χ1) is 5.72. The summed E-state index contributed by atoms with van der Waals surface area (Å²) < 4.78 is 0. The number of aromatic nitrogens is 2. The van der Waals surface area contributed by atoms with E-state index >= 15 is 0 Å². The third kappa shape index (κ3) is 2.05. The summed E-state index contributed by atoms with van der Waals surface area (Å²) in [6, 6.07) is 0. The Balaban J connectivity index is 2.77. The number of anilines is 1. The zero-order valence-electron chi connectivity index (χ0n) is 6.20. The van der Waals surface area contributed by atoms with Gasteiger partial charge in [0.2, 0.25) is 5.91 Å². The largest absolute Gasteiger partial charge is 0.324 e. The first-order valence-electron chi connectivity index (χ1n) is 3.20. The van der Waals surface area contributed by atoms with Crippen molar-refractivity contribution >= 4 is 11.7 Å². The summed E-state index contributed by atoms with van der Waals surface area (Å²) >= 11 is 0. The van der Waals surface area contributed by atoms with Crippen molar-refractivity contribution in [3.63, 3.8) is 0 Å². The lowest BCUT2D eigenvalue weighted by Crippen LogP contribution is -2.12. The van der Waals surface area contributed by atoms with Crippen LogP contribution in [0, 0.1) is 0 Å². The molecule has 0 aliphatic carbocycles. The summed E-state index contributed by atoms with van der Waals surface area (Å²) in [5.41, 5.74) is -0.313. The fraction of sp³-hybridized carbons (Fsp3) is 0. The van der Waals surface area contributed by atoms with E-state index in [2.05, 4.69) is 21.9 Å². The highest BCUT2D eigenvalue weighted by Crippen LogP contribution is 1.93. The molecule has 0 fully saturated rings. The number of hydrogen-bond donors (Lipinski definition) is 2. The monoisotopic (exact) mass is 165 g/mol. The smallest absolute Gasteiger partial charge is 0.266 e. The molecule has 0 saturated carbocycles. The summed E-state index contributed by atoms with van der Waals surface area (Å²) in [6.45, 7) is 3.26. The molecule has 0 aromatic carbocycles. The maximum Gasteiger partial charge on any atom is 0.266 e. The minimum absolute atomic E-state index is 0.291. The van der Waals surface area contributed by atoms with Gasteiger partial charge in [-0.3, -0.25) is 9.59 Å². The highest BCUT2D eigenvalue weighted by Gasteiger charge is 1.96. The summed E-state index contributed by atoms with van der Waals surface area (Å²) in [6.07, 6.45) is 3.51. The lowest BCUT2D eigenvalue weighted by molar-refractivity contribution is -0.111. The van der Waals surface area contributed by atoms with Gasteiger partial charge >= 0.3 is 0 Å². The molecule has 0 atom stereocenters. The van der Waals surface area contributed by atoms with Crippen molar-refractivity contribution < 1.29 is 4.79 Å². The fourth-order valence-electron chi connectivity index (χ4n) is 0.588. The van der Waals surface area contributed by atoms with Gasteiger partial charge in [-0.1, -0.05) is 6.58 Å². The molecule has 0 unspecified atom stereocenters. The van der Waals surface area contributed by atoms with Gasteiger partial charge in [-0.2, -0.15) is 0 Å². The minimum atomic E-state index is -0.366. The van der Waals surface area contributed by atoms with Gasteiger partial charge in [0.1, 0.15) is 5.82 Å². The zero-order chi connectivity index (χ0) is 8.97. The van der Waals surface area contributed by atoms with E-state index in [1.165, 1.54) is 6.20 Å². The van der Waals surface area contributed by atoms with Crippen molar-refractivity contribution in [1.82, 2.24) is 9.97 Å². The standard InChI is InChI=1S/C7H7N3O2/c1-2-6(11)10-5-3-9-7(12)4-8-5/h2-4H,1H2,(H,9,12)(H,8,10,11). The van der Waals surface area contributed by atoms with Gasteiger partial charge in [0.25, 0.3) is 5.56 Å². The van der Waals surface area contributed by atoms with Crippen molar-refractivity contribution in [2.75, 3.05) is 5.32 Å². The van der Waals surface area contributed by atoms with Gasteiger partial charge in [0.15, 0.2) is 0 Å². The third-order valence-electron chi connectivity index (χ3n) is 1.11. The summed E-state index contributed by atoms with van der Waals surface area (Å²) in [4.78, 5) is 27.2. The summed E-state index contributed by atoms with van der Waals surface area (Å²) in [5.74, 6) is -0.0750. The molecule has 0 spiro atoms. The van der Waals surface area contributed by atoms with Crippen molar-refractivity contribution in [2.24, 2.45) is 0 Å². The Kier molecular flexibility index (Phi) is 2.37. The molecule has 0 saturated heterocycles. The average molecular weight is 165 g/mol. The Morgan fingerprint density at radius 2 is 2.50 bits per heavy atom. The molecule has 1 rings (SSSR count).